The predicted molar refractivity (Wildman–Crippen MR) is 85.2 cm³/mol. The molecule has 0 aliphatic rings. The van der Waals surface area contributed by atoms with Crippen LogP contribution in [0.25, 0.3) is 10.2 Å². The minimum atomic E-state index is -0.939. The molecule has 0 aliphatic carbocycles. The van der Waals surface area contributed by atoms with Crippen molar-refractivity contribution in [3.63, 3.8) is 0 Å². The summed E-state index contributed by atoms with van der Waals surface area (Å²) in [5, 5.41) is 11.5. The molecule has 21 heavy (non-hydrogen) atoms. The third kappa shape index (κ3) is 2.66. The molecule has 3 rings (SSSR count). The van der Waals surface area contributed by atoms with Gasteiger partial charge in [-0.2, -0.15) is 0 Å². The minimum Gasteiger partial charge on any atom is -0.477 e. The van der Waals surface area contributed by atoms with Gasteiger partial charge in [0.2, 0.25) is 0 Å². The fraction of sp³-hybridized carbons (Fsp3) is 0.0769. The van der Waals surface area contributed by atoms with Crippen LogP contribution >= 0.6 is 39.0 Å². The molecule has 8 heteroatoms. The van der Waals surface area contributed by atoms with Gasteiger partial charge in [0, 0.05) is 11.6 Å². The molecule has 0 bridgehead atoms. The van der Waals surface area contributed by atoms with E-state index in [9.17, 15) is 9.90 Å². The Labute approximate surface area is 136 Å². The third-order valence-electron chi connectivity index (χ3n) is 2.80. The Balaban J connectivity index is 2.15. The van der Waals surface area contributed by atoms with E-state index < -0.39 is 5.97 Å². The highest BCUT2D eigenvalue weighted by molar-refractivity contribution is 9.10. The van der Waals surface area contributed by atoms with Crippen molar-refractivity contribution in [2.45, 2.75) is 17.0 Å². The van der Waals surface area contributed by atoms with Gasteiger partial charge in [-0.1, -0.05) is 0 Å². The highest BCUT2D eigenvalue weighted by Gasteiger charge is 2.19. The van der Waals surface area contributed by atoms with Crippen LogP contribution in [0.5, 0.6) is 0 Å². The van der Waals surface area contributed by atoms with Crippen molar-refractivity contribution in [3.05, 3.63) is 39.6 Å². The van der Waals surface area contributed by atoms with E-state index in [4.69, 9.17) is 0 Å². The van der Waals surface area contributed by atoms with Gasteiger partial charge in [-0.05, 0) is 52.3 Å². The lowest BCUT2D eigenvalue weighted by Crippen LogP contribution is -1.94. The van der Waals surface area contributed by atoms with Gasteiger partial charge in [0.25, 0.3) is 0 Å². The van der Waals surface area contributed by atoms with Crippen molar-refractivity contribution in [2.24, 2.45) is 0 Å². The van der Waals surface area contributed by atoms with Gasteiger partial charge in [0.1, 0.15) is 26.1 Å². The smallest absolute Gasteiger partial charge is 0.346 e. The fourth-order valence-corrected chi connectivity index (χ4v) is 4.32. The highest BCUT2D eigenvalue weighted by Crippen LogP contribution is 2.38. The summed E-state index contributed by atoms with van der Waals surface area (Å²) in [6, 6.07) is 3.74. The Morgan fingerprint density at radius 3 is 2.86 bits per heavy atom. The summed E-state index contributed by atoms with van der Waals surface area (Å²) in [5.74, 6) is -0.939. The summed E-state index contributed by atoms with van der Waals surface area (Å²) < 4.78 is 0.869. The van der Waals surface area contributed by atoms with Gasteiger partial charge < -0.3 is 5.11 Å². The van der Waals surface area contributed by atoms with Gasteiger partial charge in [-0.15, -0.1) is 11.3 Å². The Hall–Kier alpha value is -1.51. The van der Waals surface area contributed by atoms with E-state index in [1.165, 1.54) is 18.1 Å². The zero-order chi connectivity index (χ0) is 15.0. The molecule has 0 aromatic carbocycles. The maximum atomic E-state index is 11.3. The molecule has 0 saturated carbocycles. The Morgan fingerprint density at radius 1 is 1.33 bits per heavy atom. The topological polar surface area (TPSA) is 76.0 Å². The normalized spacial score (nSPS) is 11.0. The molecule has 3 aromatic heterocycles. The zero-order valence-electron chi connectivity index (χ0n) is 10.7. The van der Waals surface area contributed by atoms with Crippen LogP contribution in [0.2, 0.25) is 0 Å². The van der Waals surface area contributed by atoms with E-state index in [-0.39, 0.29) is 0 Å². The maximum Gasteiger partial charge on any atom is 0.346 e. The third-order valence-corrected chi connectivity index (χ3v) is 5.92. The molecule has 0 atom stereocenters. The van der Waals surface area contributed by atoms with E-state index in [2.05, 4.69) is 30.9 Å². The first-order valence-electron chi connectivity index (χ1n) is 5.83. The van der Waals surface area contributed by atoms with E-state index >= 15 is 0 Å². The number of carbonyl (C=O) groups is 1. The molecule has 5 nitrogen and oxygen atoms in total. The quantitative estimate of drug-likeness (QED) is 0.690. The van der Waals surface area contributed by atoms with E-state index in [0.717, 1.165) is 26.2 Å². The molecule has 0 aliphatic heterocycles. The number of pyridine rings is 1. The van der Waals surface area contributed by atoms with Crippen molar-refractivity contribution in [1.29, 1.82) is 0 Å². The second-order valence-electron chi connectivity index (χ2n) is 4.11. The highest BCUT2D eigenvalue weighted by atomic mass is 79.9. The van der Waals surface area contributed by atoms with Gasteiger partial charge in [-0.25, -0.2) is 19.7 Å². The monoisotopic (exact) mass is 381 g/mol. The number of aromatic nitrogens is 3. The van der Waals surface area contributed by atoms with E-state index in [0.29, 0.717) is 20.3 Å². The van der Waals surface area contributed by atoms with Crippen LogP contribution < -0.4 is 0 Å². The molecule has 0 spiro atoms. The van der Waals surface area contributed by atoms with Crippen LogP contribution in [0.3, 0.4) is 0 Å². The van der Waals surface area contributed by atoms with Crippen LogP contribution in [0.15, 0.2) is 39.2 Å². The number of carboxylic acids is 1. The molecule has 106 valence electrons. The number of carboxylic acid groups (broad SMARTS) is 1. The van der Waals surface area contributed by atoms with Crippen molar-refractivity contribution in [2.75, 3.05) is 0 Å². The molecule has 3 heterocycles. The molecular formula is C13H8BrN3O2S2. The van der Waals surface area contributed by atoms with Crippen molar-refractivity contribution in [3.8, 4) is 0 Å². The number of hydrogen-bond acceptors (Lipinski definition) is 6. The van der Waals surface area contributed by atoms with Gasteiger partial charge in [-0.3, -0.25) is 0 Å². The fourth-order valence-electron chi connectivity index (χ4n) is 1.86. The van der Waals surface area contributed by atoms with E-state index in [1.807, 2.05) is 12.1 Å². The maximum absolute atomic E-state index is 11.3. The van der Waals surface area contributed by atoms with Crippen LogP contribution in [-0.2, 0) is 0 Å². The number of aryl methyl sites for hydroxylation is 1. The molecule has 0 amide bonds. The average Bonchev–Trinajstić information content (AvgIpc) is 2.80. The Kier molecular flexibility index (Phi) is 3.92. The zero-order valence-corrected chi connectivity index (χ0v) is 13.9. The lowest BCUT2D eigenvalue weighted by atomic mass is 10.2. The summed E-state index contributed by atoms with van der Waals surface area (Å²) in [5.41, 5.74) is 0.692. The van der Waals surface area contributed by atoms with Crippen molar-refractivity contribution in [1.82, 2.24) is 15.0 Å². The summed E-state index contributed by atoms with van der Waals surface area (Å²) in [6.45, 7) is 1.78. The summed E-state index contributed by atoms with van der Waals surface area (Å²) >= 11 is 6.00. The molecule has 3 aromatic rings. The number of hydrogen-bond donors (Lipinski definition) is 1. The second kappa shape index (κ2) is 5.70. The number of halogens is 1. The lowest BCUT2D eigenvalue weighted by Gasteiger charge is -2.04. The molecule has 0 unspecified atom stereocenters. The standard InChI is InChI=1S/C13H8BrN3O2S2/c1-6-8-11(20-9(6)13(18)19)16-5-17-12(8)21-10-7(14)3-2-4-15-10/h2-5H,1H3,(H,18,19). The Bertz CT molecular complexity index is 851. The number of thiophene rings is 1. The van der Waals surface area contributed by atoms with Crippen LogP contribution in [0.4, 0.5) is 0 Å². The lowest BCUT2D eigenvalue weighted by molar-refractivity contribution is 0.0701. The Morgan fingerprint density at radius 2 is 2.14 bits per heavy atom. The summed E-state index contributed by atoms with van der Waals surface area (Å²) in [6.07, 6.45) is 3.15. The number of nitrogens with zero attached hydrogens (tertiary/aromatic N) is 3. The van der Waals surface area contributed by atoms with Crippen molar-refractivity contribution >= 4 is 55.2 Å². The minimum absolute atomic E-state index is 0.299. The average molecular weight is 382 g/mol. The van der Waals surface area contributed by atoms with Crippen molar-refractivity contribution < 1.29 is 9.90 Å². The van der Waals surface area contributed by atoms with Gasteiger partial charge in [0.15, 0.2) is 0 Å². The molecule has 0 fully saturated rings. The predicted octanol–water partition coefficient (Wildman–Crippen LogP) is 4.01. The van der Waals surface area contributed by atoms with Crippen LogP contribution in [0.1, 0.15) is 15.2 Å². The molecular weight excluding hydrogens is 374 g/mol. The summed E-state index contributed by atoms with van der Waals surface area (Å²) in [7, 11) is 0. The van der Waals surface area contributed by atoms with E-state index in [1.54, 1.807) is 13.1 Å². The van der Waals surface area contributed by atoms with Gasteiger partial charge in [0.05, 0.1) is 4.47 Å². The largest absolute Gasteiger partial charge is 0.477 e. The molecule has 0 radical (unpaired) electrons. The first-order chi connectivity index (χ1) is 10.1. The number of fused-ring (bicyclic) bond motifs is 1. The van der Waals surface area contributed by atoms with Gasteiger partial charge >= 0.3 is 5.97 Å². The SMILES string of the molecule is Cc1c(C(=O)O)sc2ncnc(Sc3ncccc3Br)c12. The van der Waals surface area contributed by atoms with Crippen LogP contribution in [-0.4, -0.2) is 26.0 Å². The second-order valence-corrected chi connectivity index (χ2v) is 6.94. The summed E-state index contributed by atoms with van der Waals surface area (Å²) in [4.78, 5) is 25.0. The molecule has 0 saturated heterocycles. The number of rotatable bonds is 3. The first kappa shape index (κ1) is 14.4. The molecule has 1 N–H and O–H groups in total. The number of aromatic carboxylic acids is 1. The van der Waals surface area contributed by atoms with Crippen LogP contribution in [0, 0.1) is 6.92 Å². The first-order valence-corrected chi connectivity index (χ1v) is 8.26.